The summed E-state index contributed by atoms with van der Waals surface area (Å²) >= 11 is 0. The number of aliphatic carboxylic acids is 1. The number of nitrogens with one attached hydrogen (secondary N) is 2. The highest BCUT2D eigenvalue weighted by atomic mass is 16.4. The number of rotatable bonds is 5. The van der Waals surface area contributed by atoms with Gasteiger partial charge >= 0.3 is 13.1 Å². The molecule has 3 atom stereocenters. The summed E-state index contributed by atoms with van der Waals surface area (Å²) in [4.78, 5) is 11.5. The van der Waals surface area contributed by atoms with Gasteiger partial charge < -0.3 is 20.5 Å². The van der Waals surface area contributed by atoms with Crippen molar-refractivity contribution in [2.24, 2.45) is 5.92 Å². The van der Waals surface area contributed by atoms with Crippen molar-refractivity contribution in [3.63, 3.8) is 0 Å². The summed E-state index contributed by atoms with van der Waals surface area (Å²) in [7, 11) is -1.29. The zero-order valence-electron chi connectivity index (χ0n) is 9.72. The molecule has 0 radical (unpaired) electrons. The van der Waals surface area contributed by atoms with Gasteiger partial charge in [-0.15, -0.1) is 0 Å². The topological polar surface area (TPSA) is 102 Å². The Morgan fingerprint density at radius 2 is 2.24 bits per heavy atom. The van der Waals surface area contributed by atoms with Gasteiger partial charge in [0.15, 0.2) is 0 Å². The van der Waals surface area contributed by atoms with E-state index in [-0.39, 0.29) is 12.0 Å². The highest BCUT2D eigenvalue weighted by Gasteiger charge is 2.55. The van der Waals surface area contributed by atoms with Gasteiger partial charge in [-0.25, -0.2) is 0 Å². The van der Waals surface area contributed by atoms with Crippen LogP contribution in [0.15, 0.2) is 0 Å². The van der Waals surface area contributed by atoms with Crippen LogP contribution in [0.1, 0.15) is 19.3 Å². The van der Waals surface area contributed by atoms with Crippen LogP contribution in [0.25, 0.3) is 0 Å². The molecule has 0 aromatic carbocycles. The van der Waals surface area contributed by atoms with Gasteiger partial charge in [0.1, 0.15) is 5.54 Å². The number of fused-ring (bicyclic) bond motifs is 2. The summed E-state index contributed by atoms with van der Waals surface area (Å²) in [6, 6.07) is 0.190. The predicted octanol–water partition coefficient (Wildman–Crippen LogP) is -1.36. The van der Waals surface area contributed by atoms with E-state index < -0.39 is 18.6 Å². The fourth-order valence-corrected chi connectivity index (χ4v) is 3.16. The minimum atomic E-state index is -1.29. The maximum Gasteiger partial charge on any atom is 0.451 e. The standard InChI is InChI=1S/C10H19BN2O4/c14-9(15)10-3-5-12-8(6-13-10)7(10)2-1-4-11(16)17/h7-8,12-13,16-17H,1-6H2,(H,14,15)/t7?,8?,10-/m1/s1. The van der Waals surface area contributed by atoms with E-state index in [1.807, 2.05) is 0 Å². The molecule has 2 saturated heterocycles. The molecule has 2 fully saturated rings. The molecule has 5 N–H and O–H groups in total. The summed E-state index contributed by atoms with van der Waals surface area (Å²) < 4.78 is 0. The first kappa shape index (κ1) is 12.8. The normalized spacial score (nSPS) is 35.9. The van der Waals surface area contributed by atoms with Crippen LogP contribution in [0.3, 0.4) is 0 Å². The van der Waals surface area contributed by atoms with E-state index in [4.69, 9.17) is 10.0 Å². The Labute approximate surface area is 101 Å². The third-order valence-electron chi connectivity index (χ3n) is 4.04. The second-order valence-electron chi connectivity index (χ2n) is 4.99. The Bertz CT molecular complexity index is 298. The lowest BCUT2D eigenvalue weighted by atomic mass is 9.73. The molecule has 2 unspecified atom stereocenters. The van der Waals surface area contributed by atoms with Gasteiger partial charge in [0, 0.05) is 18.5 Å². The third kappa shape index (κ3) is 2.33. The van der Waals surface area contributed by atoms with Crippen molar-refractivity contribution in [1.29, 1.82) is 0 Å². The molecular weight excluding hydrogens is 223 g/mol. The second-order valence-corrected chi connectivity index (χ2v) is 4.99. The number of hydrogen-bond acceptors (Lipinski definition) is 5. The first-order valence-corrected chi connectivity index (χ1v) is 6.14. The molecule has 0 aromatic rings. The zero-order chi connectivity index (χ0) is 12.5. The lowest BCUT2D eigenvalue weighted by molar-refractivity contribution is -0.147. The summed E-state index contributed by atoms with van der Waals surface area (Å²) in [6.45, 7) is 1.40. The molecule has 0 aromatic heterocycles. The molecule has 2 bridgehead atoms. The summed E-state index contributed by atoms with van der Waals surface area (Å²) in [5.41, 5.74) is -0.809. The van der Waals surface area contributed by atoms with Crippen LogP contribution in [0.4, 0.5) is 0 Å². The van der Waals surface area contributed by atoms with Crippen molar-refractivity contribution in [2.45, 2.75) is 37.2 Å². The van der Waals surface area contributed by atoms with Crippen LogP contribution in [0, 0.1) is 5.92 Å². The largest absolute Gasteiger partial charge is 0.480 e. The zero-order valence-corrected chi connectivity index (χ0v) is 9.72. The average molecular weight is 242 g/mol. The molecule has 17 heavy (non-hydrogen) atoms. The molecular formula is C10H19BN2O4. The predicted molar refractivity (Wildman–Crippen MR) is 62.5 cm³/mol. The lowest BCUT2D eigenvalue weighted by Gasteiger charge is -2.37. The summed E-state index contributed by atoms with van der Waals surface area (Å²) in [6.07, 6.45) is 2.23. The van der Waals surface area contributed by atoms with E-state index in [0.29, 0.717) is 32.1 Å². The van der Waals surface area contributed by atoms with Crippen molar-refractivity contribution < 1.29 is 19.9 Å². The number of piperidine rings is 1. The molecule has 0 saturated carbocycles. The van der Waals surface area contributed by atoms with Crippen molar-refractivity contribution in [3.05, 3.63) is 0 Å². The Kier molecular flexibility index (Phi) is 3.72. The molecule has 6 nitrogen and oxygen atoms in total. The Morgan fingerprint density at radius 1 is 1.47 bits per heavy atom. The van der Waals surface area contributed by atoms with Gasteiger partial charge in [-0.3, -0.25) is 10.1 Å². The van der Waals surface area contributed by atoms with E-state index in [0.717, 1.165) is 6.54 Å². The van der Waals surface area contributed by atoms with Crippen LogP contribution in [0.5, 0.6) is 0 Å². The van der Waals surface area contributed by atoms with Crippen LogP contribution in [-0.2, 0) is 4.79 Å². The Hall–Kier alpha value is -0.625. The molecule has 96 valence electrons. The second kappa shape index (κ2) is 4.93. The quantitative estimate of drug-likeness (QED) is 0.382. The molecule has 7 heteroatoms. The van der Waals surface area contributed by atoms with Gasteiger partial charge in [0.2, 0.25) is 0 Å². The highest BCUT2D eigenvalue weighted by Crippen LogP contribution is 2.37. The van der Waals surface area contributed by atoms with Crippen molar-refractivity contribution in [3.8, 4) is 0 Å². The van der Waals surface area contributed by atoms with Crippen molar-refractivity contribution in [1.82, 2.24) is 10.6 Å². The first-order valence-electron chi connectivity index (χ1n) is 6.14. The summed E-state index contributed by atoms with van der Waals surface area (Å²) in [5.74, 6) is -0.747. The van der Waals surface area contributed by atoms with Gasteiger partial charge in [-0.2, -0.15) is 0 Å². The smallest absolute Gasteiger partial charge is 0.451 e. The maximum atomic E-state index is 11.5. The van der Waals surface area contributed by atoms with E-state index in [2.05, 4.69) is 10.6 Å². The number of carboxylic acid groups (broad SMARTS) is 1. The maximum absolute atomic E-state index is 11.5. The van der Waals surface area contributed by atoms with Crippen LogP contribution >= 0.6 is 0 Å². The van der Waals surface area contributed by atoms with Crippen molar-refractivity contribution in [2.75, 3.05) is 13.1 Å². The van der Waals surface area contributed by atoms with Crippen LogP contribution in [-0.4, -0.2) is 52.9 Å². The van der Waals surface area contributed by atoms with Gasteiger partial charge in [0.25, 0.3) is 0 Å². The van der Waals surface area contributed by atoms with Crippen LogP contribution < -0.4 is 10.6 Å². The lowest BCUT2D eigenvalue weighted by Crippen LogP contribution is -2.58. The van der Waals surface area contributed by atoms with Gasteiger partial charge in [-0.1, -0.05) is 6.42 Å². The first-order chi connectivity index (χ1) is 8.06. The summed E-state index contributed by atoms with van der Waals surface area (Å²) in [5, 5.41) is 33.5. The molecule has 2 rings (SSSR count). The SMILES string of the molecule is O=C(O)[C@]12CCNC(CN1)C2CCCB(O)O. The molecule has 2 aliphatic heterocycles. The van der Waals surface area contributed by atoms with Crippen LogP contribution in [0.2, 0.25) is 6.32 Å². The van der Waals surface area contributed by atoms with E-state index >= 15 is 0 Å². The fraction of sp³-hybridized carbons (Fsp3) is 0.900. The molecule has 0 amide bonds. The minimum Gasteiger partial charge on any atom is -0.480 e. The molecule has 2 aliphatic rings. The number of carboxylic acids is 1. The molecule has 0 spiro atoms. The Morgan fingerprint density at radius 3 is 2.88 bits per heavy atom. The van der Waals surface area contributed by atoms with E-state index in [1.165, 1.54) is 0 Å². The monoisotopic (exact) mass is 242 g/mol. The highest BCUT2D eigenvalue weighted by molar-refractivity contribution is 6.40. The molecule has 2 heterocycles. The van der Waals surface area contributed by atoms with Gasteiger partial charge in [-0.05, 0) is 25.7 Å². The molecule has 0 aliphatic carbocycles. The average Bonchev–Trinajstić information content (AvgIpc) is 2.47. The minimum absolute atomic E-state index is 0.0347. The van der Waals surface area contributed by atoms with E-state index in [9.17, 15) is 9.90 Å². The Balaban J connectivity index is 2.01. The number of carbonyl (C=O) groups is 1. The number of hydrogen-bond donors (Lipinski definition) is 5. The third-order valence-corrected chi connectivity index (χ3v) is 4.04. The van der Waals surface area contributed by atoms with Crippen molar-refractivity contribution >= 4 is 13.1 Å². The van der Waals surface area contributed by atoms with Gasteiger partial charge in [0.05, 0.1) is 0 Å². The fourth-order valence-electron chi connectivity index (χ4n) is 3.16. The van der Waals surface area contributed by atoms with E-state index in [1.54, 1.807) is 0 Å².